The molecule has 0 amide bonds. The molecule has 1 aromatic carbocycles. The first-order valence-corrected chi connectivity index (χ1v) is 13.6. The fourth-order valence-corrected chi connectivity index (χ4v) is 5.77. The van der Waals surface area contributed by atoms with Crippen LogP contribution in [0.1, 0.15) is 110 Å². The molecule has 0 atom stereocenters. The normalized spacial score (nSPS) is 25.9. The summed E-state index contributed by atoms with van der Waals surface area (Å²) in [5.74, 6) is 4.23. The molecule has 0 spiro atoms. The predicted octanol–water partition coefficient (Wildman–Crippen LogP) is 8.35. The lowest BCUT2D eigenvalue weighted by Gasteiger charge is -2.37. The Morgan fingerprint density at radius 3 is 1.97 bits per heavy atom. The van der Waals surface area contributed by atoms with Crippen LogP contribution in [-0.2, 0) is 4.79 Å². The van der Waals surface area contributed by atoms with E-state index in [0.29, 0.717) is 5.75 Å². The van der Waals surface area contributed by atoms with Gasteiger partial charge in [-0.3, -0.25) is 4.79 Å². The van der Waals surface area contributed by atoms with E-state index in [9.17, 15) is 4.79 Å². The Balaban J connectivity index is 1.33. The van der Waals surface area contributed by atoms with E-state index in [1.165, 1.54) is 70.6 Å². The molecule has 3 heteroatoms. The summed E-state index contributed by atoms with van der Waals surface area (Å²) in [6.07, 6.45) is 19.4. The smallest absolute Gasteiger partial charge is 0.314 e. The van der Waals surface area contributed by atoms with Gasteiger partial charge >= 0.3 is 5.97 Å². The molecule has 2 aliphatic carbocycles. The quantitative estimate of drug-likeness (QED) is 0.185. The van der Waals surface area contributed by atoms with Crippen molar-refractivity contribution in [3.63, 3.8) is 0 Å². The molecule has 0 aromatic heterocycles. The van der Waals surface area contributed by atoms with E-state index in [1.54, 1.807) is 0 Å². The molecule has 0 unspecified atom stereocenters. The van der Waals surface area contributed by atoms with Gasteiger partial charge < -0.3 is 9.47 Å². The number of esters is 1. The van der Waals surface area contributed by atoms with E-state index in [0.717, 1.165) is 55.8 Å². The Morgan fingerprint density at radius 2 is 1.34 bits per heavy atom. The van der Waals surface area contributed by atoms with Crippen molar-refractivity contribution in [1.29, 1.82) is 0 Å². The van der Waals surface area contributed by atoms with Crippen LogP contribution in [0.5, 0.6) is 11.5 Å². The van der Waals surface area contributed by atoms with Gasteiger partial charge in [-0.15, -0.1) is 0 Å². The second-order valence-corrected chi connectivity index (χ2v) is 10.3. The van der Waals surface area contributed by atoms with E-state index >= 15 is 0 Å². The number of carbonyl (C=O) groups excluding carboxylic acids is 1. The molecule has 0 heterocycles. The third kappa shape index (κ3) is 8.12. The van der Waals surface area contributed by atoms with Crippen molar-refractivity contribution in [2.75, 3.05) is 6.61 Å². The van der Waals surface area contributed by atoms with Crippen LogP contribution in [0.3, 0.4) is 0 Å². The van der Waals surface area contributed by atoms with Crippen molar-refractivity contribution in [2.45, 2.75) is 110 Å². The fourth-order valence-electron chi connectivity index (χ4n) is 5.77. The molecule has 0 N–H and O–H groups in total. The zero-order valence-corrected chi connectivity index (χ0v) is 20.7. The number of hydrogen-bond acceptors (Lipinski definition) is 3. The van der Waals surface area contributed by atoms with E-state index in [2.05, 4.69) is 13.8 Å². The summed E-state index contributed by atoms with van der Waals surface area (Å²) >= 11 is 0. The lowest BCUT2D eigenvalue weighted by molar-refractivity contribution is -0.140. The van der Waals surface area contributed by atoms with E-state index in [-0.39, 0.29) is 11.9 Å². The first-order chi connectivity index (χ1) is 15.7. The van der Waals surface area contributed by atoms with Crippen molar-refractivity contribution in [3.8, 4) is 11.5 Å². The van der Waals surface area contributed by atoms with Crippen LogP contribution in [0.4, 0.5) is 0 Å². The zero-order valence-electron chi connectivity index (χ0n) is 20.7. The third-order valence-electron chi connectivity index (χ3n) is 7.94. The molecule has 3 rings (SSSR count). The second kappa shape index (κ2) is 13.9. The van der Waals surface area contributed by atoms with Crippen LogP contribution in [-0.4, -0.2) is 12.6 Å². The van der Waals surface area contributed by atoms with Crippen LogP contribution in [0.25, 0.3) is 0 Å². The molecule has 2 aliphatic rings. The predicted molar refractivity (Wildman–Crippen MR) is 132 cm³/mol. The summed E-state index contributed by atoms with van der Waals surface area (Å²) in [4.78, 5) is 12.7. The van der Waals surface area contributed by atoms with Crippen LogP contribution >= 0.6 is 0 Å². The molecule has 3 nitrogen and oxygen atoms in total. The maximum Gasteiger partial charge on any atom is 0.314 e. The Kier molecular flexibility index (Phi) is 10.9. The zero-order chi connectivity index (χ0) is 22.6. The van der Waals surface area contributed by atoms with Crippen molar-refractivity contribution in [1.82, 2.24) is 0 Å². The minimum atomic E-state index is -0.0427. The van der Waals surface area contributed by atoms with Gasteiger partial charge in [0.15, 0.2) is 0 Å². The molecular formula is C29H46O3. The van der Waals surface area contributed by atoms with Gasteiger partial charge in [-0.1, -0.05) is 65.2 Å². The summed E-state index contributed by atoms with van der Waals surface area (Å²) in [6, 6.07) is 7.50. The molecule has 2 fully saturated rings. The van der Waals surface area contributed by atoms with E-state index in [1.807, 2.05) is 24.3 Å². The number of unbranched alkanes of at least 4 members (excludes halogenated alkanes) is 4. The highest BCUT2D eigenvalue weighted by molar-refractivity contribution is 5.75. The molecular weight excluding hydrogens is 396 g/mol. The molecule has 0 saturated heterocycles. The van der Waals surface area contributed by atoms with Crippen molar-refractivity contribution >= 4 is 5.97 Å². The molecule has 1 aromatic rings. The summed E-state index contributed by atoms with van der Waals surface area (Å²) in [5, 5.41) is 0. The monoisotopic (exact) mass is 442 g/mol. The van der Waals surface area contributed by atoms with Crippen LogP contribution in [0.2, 0.25) is 0 Å². The maximum atomic E-state index is 12.7. The van der Waals surface area contributed by atoms with E-state index in [4.69, 9.17) is 9.47 Å². The van der Waals surface area contributed by atoms with Gasteiger partial charge in [-0.05, 0) is 87.0 Å². The summed E-state index contributed by atoms with van der Waals surface area (Å²) < 4.78 is 11.4. The minimum absolute atomic E-state index is 0.0427. The third-order valence-corrected chi connectivity index (χ3v) is 7.94. The summed E-state index contributed by atoms with van der Waals surface area (Å²) in [6.45, 7) is 5.18. The minimum Gasteiger partial charge on any atom is -0.494 e. The van der Waals surface area contributed by atoms with Crippen LogP contribution < -0.4 is 9.47 Å². The van der Waals surface area contributed by atoms with Gasteiger partial charge in [-0.25, -0.2) is 0 Å². The molecule has 0 bridgehead atoms. The van der Waals surface area contributed by atoms with Crippen molar-refractivity contribution in [2.24, 2.45) is 23.7 Å². The molecule has 0 aliphatic heterocycles. The maximum absolute atomic E-state index is 12.7. The molecule has 32 heavy (non-hydrogen) atoms. The lowest BCUT2D eigenvalue weighted by Crippen LogP contribution is -2.30. The van der Waals surface area contributed by atoms with Crippen molar-refractivity contribution < 1.29 is 14.3 Å². The Bertz CT molecular complexity index is 637. The SMILES string of the molecule is CCCCCCC1CCC(C2CCC(C(=O)Oc3ccc(OCCCC)cc3)CC2)CC1. The van der Waals surface area contributed by atoms with Gasteiger partial charge in [-0.2, -0.15) is 0 Å². The van der Waals surface area contributed by atoms with Gasteiger partial charge in [0.25, 0.3) is 0 Å². The number of benzene rings is 1. The molecule has 180 valence electrons. The number of rotatable bonds is 12. The van der Waals surface area contributed by atoms with Gasteiger partial charge in [0, 0.05) is 0 Å². The largest absolute Gasteiger partial charge is 0.494 e. The first-order valence-electron chi connectivity index (χ1n) is 13.6. The topological polar surface area (TPSA) is 35.5 Å². The first kappa shape index (κ1) is 25.1. The Morgan fingerprint density at radius 1 is 0.750 bits per heavy atom. The van der Waals surface area contributed by atoms with Crippen LogP contribution in [0, 0.1) is 23.7 Å². The van der Waals surface area contributed by atoms with Gasteiger partial charge in [0.05, 0.1) is 12.5 Å². The summed E-state index contributed by atoms with van der Waals surface area (Å²) in [7, 11) is 0. The highest BCUT2D eigenvalue weighted by Crippen LogP contribution is 2.42. The van der Waals surface area contributed by atoms with E-state index < -0.39 is 0 Å². The highest BCUT2D eigenvalue weighted by atomic mass is 16.5. The second-order valence-electron chi connectivity index (χ2n) is 10.3. The standard InChI is InChI=1S/C29H46O3/c1-3-5-7-8-9-23-10-12-24(13-11-23)25-14-16-26(17-15-25)29(30)32-28-20-18-27(19-21-28)31-22-6-4-2/h18-21,23-26H,3-17,22H2,1-2H3. The van der Waals surface area contributed by atoms with Gasteiger partial charge in [0.1, 0.15) is 11.5 Å². The van der Waals surface area contributed by atoms with Crippen LogP contribution in [0.15, 0.2) is 24.3 Å². The lowest BCUT2D eigenvalue weighted by atomic mass is 9.68. The molecule has 0 radical (unpaired) electrons. The summed E-state index contributed by atoms with van der Waals surface area (Å²) in [5.41, 5.74) is 0. The Labute approximate surface area is 196 Å². The van der Waals surface area contributed by atoms with Gasteiger partial charge in [0.2, 0.25) is 0 Å². The highest BCUT2D eigenvalue weighted by Gasteiger charge is 2.33. The number of carbonyl (C=O) groups is 1. The average molecular weight is 443 g/mol. The van der Waals surface area contributed by atoms with Crippen molar-refractivity contribution in [3.05, 3.63) is 24.3 Å². The molecule has 2 saturated carbocycles. The average Bonchev–Trinajstić information content (AvgIpc) is 2.84. The number of ether oxygens (including phenoxy) is 2. The number of hydrogen-bond donors (Lipinski definition) is 0. The Hall–Kier alpha value is -1.51. The fraction of sp³-hybridized carbons (Fsp3) is 0.759.